The molecule has 0 saturated carbocycles. The molecule has 32 heavy (non-hydrogen) atoms. The Bertz CT molecular complexity index is 832. The van der Waals surface area contributed by atoms with Gasteiger partial charge in [-0.3, -0.25) is 9.89 Å². The van der Waals surface area contributed by atoms with Gasteiger partial charge in [-0.2, -0.15) is 0 Å². The van der Waals surface area contributed by atoms with Crippen LogP contribution in [0.1, 0.15) is 11.6 Å². The van der Waals surface area contributed by atoms with Gasteiger partial charge < -0.3 is 24.8 Å². The van der Waals surface area contributed by atoms with Gasteiger partial charge >= 0.3 is 0 Å². The number of ether oxygens (including phenoxy) is 3. The lowest BCUT2D eigenvalue weighted by atomic mass is 10.0. The van der Waals surface area contributed by atoms with Crippen LogP contribution in [0.25, 0.3) is 0 Å². The van der Waals surface area contributed by atoms with Crippen LogP contribution in [0, 0.1) is 5.82 Å². The molecule has 176 valence electrons. The van der Waals surface area contributed by atoms with Crippen LogP contribution in [0.4, 0.5) is 4.39 Å². The molecular formula is C23H32FIN4O3. The van der Waals surface area contributed by atoms with E-state index in [2.05, 4.69) is 32.7 Å². The van der Waals surface area contributed by atoms with E-state index in [1.54, 1.807) is 26.3 Å². The molecule has 0 spiro atoms. The zero-order valence-electron chi connectivity index (χ0n) is 18.6. The van der Waals surface area contributed by atoms with Crippen molar-refractivity contribution >= 4 is 29.9 Å². The predicted octanol–water partition coefficient (Wildman–Crippen LogP) is 3.07. The second-order valence-electron chi connectivity index (χ2n) is 7.12. The lowest BCUT2D eigenvalue weighted by molar-refractivity contribution is 0.0170. The normalized spacial score (nSPS) is 15.4. The van der Waals surface area contributed by atoms with Gasteiger partial charge in [0.25, 0.3) is 0 Å². The minimum absolute atomic E-state index is 0. The maximum Gasteiger partial charge on any atom is 0.191 e. The molecule has 1 saturated heterocycles. The summed E-state index contributed by atoms with van der Waals surface area (Å²) < 4.78 is 29.6. The van der Waals surface area contributed by atoms with Gasteiger partial charge in [-0.25, -0.2) is 4.39 Å². The van der Waals surface area contributed by atoms with Crippen molar-refractivity contribution < 1.29 is 18.6 Å². The second-order valence-corrected chi connectivity index (χ2v) is 7.12. The van der Waals surface area contributed by atoms with Crippen LogP contribution in [0.15, 0.2) is 53.5 Å². The van der Waals surface area contributed by atoms with Crippen molar-refractivity contribution in [3.05, 3.63) is 59.9 Å². The number of morpholine rings is 1. The number of rotatable bonds is 9. The first kappa shape index (κ1) is 26.1. The van der Waals surface area contributed by atoms with E-state index in [1.165, 1.54) is 17.7 Å². The van der Waals surface area contributed by atoms with Crippen LogP contribution in [0.3, 0.4) is 0 Å². The fraction of sp³-hybridized carbons (Fsp3) is 0.435. The summed E-state index contributed by atoms with van der Waals surface area (Å²) in [6.07, 6.45) is 0. The molecular weight excluding hydrogens is 526 g/mol. The Morgan fingerprint density at radius 3 is 2.53 bits per heavy atom. The molecule has 1 fully saturated rings. The van der Waals surface area contributed by atoms with E-state index >= 15 is 0 Å². The van der Waals surface area contributed by atoms with E-state index in [0.29, 0.717) is 31.4 Å². The Balaban J connectivity index is 0.00000363. The first-order valence-corrected chi connectivity index (χ1v) is 10.5. The van der Waals surface area contributed by atoms with Crippen LogP contribution >= 0.6 is 24.0 Å². The number of benzene rings is 2. The van der Waals surface area contributed by atoms with Crippen LogP contribution in [-0.2, 0) is 4.74 Å². The minimum Gasteiger partial charge on any atom is -0.497 e. The highest BCUT2D eigenvalue weighted by Gasteiger charge is 2.23. The molecule has 9 heteroatoms. The highest BCUT2D eigenvalue weighted by Crippen LogP contribution is 2.23. The second kappa shape index (κ2) is 14.1. The molecule has 1 unspecified atom stereocenters. The Morgan fingerprint density at radius 1 is 1.12 bits per heavy atom. The summed E-state index contributed by atoms with van der Waals surface area (Å²) in [6.45, 7) is 4.86. The Labute approximate surface area is 206 Å². The fourth-order valence-corrected chi connectivity index (χ4v) is 3.48. The summed E-state index contributed by atoms with van der Waals surface area (Å²) in [5, 5.41) is 6.65. The van der Waals surface area contributed by atoms with Crippen molar-refractivity contribution in [2.45, 2.75) is 6.04 Å². The number of halogens is 2. The Morgan fingerprint density at radius 2 is 1.88 bits per heavy atom. The molecule has 1 aliphatic heterocycles. The van der Waals surface area contributed by atoms with Gasteiger partial charge in [-0.1, -0.05) is 18.2 Å². The van der Waals surface area contributed by atoms with Crippen LogP contribution < -0.4 is 20.1 Å². The molecule has 2 N–H and O–H groups in total. The highest BCUT2D eigenvalue weighted by atomic mass is 127. The lowest BCUT2D eigenvalue weighted by Gasteiger charge is -2.35. The molecule has 0 aromatic heterocycles. The Hall–Kier alpha value is -2.11. The minimum atomic E-state index is -0.310. The van der Waals surface area contributed by atoms with Crippen molar-refractivity contribution in [1.29, 1.82) is 0 Å². The van der Waals surface area contributed by atoms with E-state index in [9.17, 15) is 4.39 Å². The number of hydrogen-bond acceptors (Lipinski definition) is 5. The van der Waals surface area contributed by atoms with Gasteiger partial charge in [0.05, 0.1) is 32.9 Å². The van der Waals surface area contributed by atoms with Gasteiger partial charge in [-0.05, 0) is 29.8 Å². The third kappa shape index (κ3) is 8.10. The van der Waals surface area contributed by atoms with Gasteiger partial charge in [-0.15, -0.1) is 24.0 Å². The Kier molecular flexibility index (Phi) is 11.5. The predicted molar refractivity (Wildman–Crippen MR) is 135 cm³/mol. The number of nitrogens with one attached hydrogen (secondary N) is 2. The molecule has 0 amide bonds. The molecule has 0 radical (unpaired) electrons. The topological polar surface area (TPSA) is 67.4 Å². The standard InChI is InChI=1S/C23H31FN4O3.HI/c1-25-23(26-10-13-31-21-5-3-4-19(24)16-21)27-17-22(28-11-14-30-15-12-28)18-6-8-20(29-2)9-7-18;/h3-9,16,22H,10-15,17H2,1-2H3,(H2,25,26,27);1H. The smallest absolute Gasteiger partial charge is 0.191 e. The summed E-state index contributed by atoms with van der Waals surface area (Å²) >= 11 is 0. The quantitative estimate of drug-likeness (QED) is 0.214. The van der Waals surface area contributed by atoms with Crippen LogP contribution in [0.2, 0.25) is 0 Å². The molecule has 2 aromatic carbocycles. The molecule has 0 bridgehead atoms. The van der Waals surface area contributed by atoms with Crippen molar-refractivity contribution in [2.75, 3.05) is 60.2 Å². The molecule has 1 heterocycles. The third-order valence-electron chi connectivity index (χ3n) is 5.13. The monoisotopic (exact) mass is 558 g/mol. The van der Waals surface area contributed by atoms with Crippen molar-refractivity contribution in [3.8, 4) is 11.5 Å². The maximum atomic E-state index is 13.2. The average Bonchev–Trinajstić information content (AvgIpc) is 2.81. The molecule has 3 rings (SSSR count). The number of aliphatic imine (C=N–C) groups is 1. The van der Waals surface area contributed by atoms with Gasteiger partial charge in [0.15, 0.2) is 5.96 Å². The van der Waals surface area contributed by atoms with Crippen molar-refractivity contribution in [3.63, 3.8) is 0 Å². The number of methoxy groups -OCH3 is 1. The molecule has 7 nitrogen and oxygen atoms in total. The molecule has 1 atom stereocenters. The molecule has 2 aromatic rings. The van der Waals surface area contributed by atoms with Gasteiger partial charge in [0.2, 0.25) is 0 Å². The largest absolute Gasteiger partial charge is 0.497 e. The van der Waals surface area contributed by atoms with Crippen LogP contribution in [0.5, 0.6) is 11.5 Å². The van der Waals surface area contributed by atoms with E-state index < -0.39 is 0 Å². The SMILES string of the molecule is CN=C(NCCOc1cccc(F)c1)NCC(c1ccc(OC)cc1)N1CCOCC1.I. The van der Waals surface area contributed by atoms with Crippen molar-refractivity contribution in [1.82, 2.24) is 15.5 Å². The van der Waals surface area contributed by atoms with Crippen molar-refractivity contribution in [2.24, 2.45) is 4.99 Å². The maximum absolute atomic E-state index is 13.2. The summed E-state index contributed by atoms with van der Waals surface area (Å²) in [6, 6.07) is 14.5. The number of guanidine groups is 1. The van der Waals surface area contributed by atoms with Gasteiger partial charge in [0.1, 0.15) is 23.9 Å². The summed E-state index contributed by atoms with van der Waals surface area (Å²) in [5.41, 5.74) is 1.21. The zero-order valence-corrected chi connectivity index (χ0v) is 20.9. The fourth-order valence-electron chi connectivity index (χ4n) is 3.48. The van der Waals surface area contributed by atoms with E-state index in [0.717, 1.165) is 32.1 Å². The third-order valence-corrected chi connectivity index (χ3v) is 5.13. The van der Waals surface area contributed by atoms with E-state index in [1.807, 2.05) is 12.1 Å². The first-order valence-electron chi connectivity index (χ1n) is 10.5. The van der Waals surface area contributed by atoms with E-state index in [-0.39, 0.29) is 35.8 Å². The number of hydrogen-bond donors (Lipinski definition) is 2. The lowest BCUT2D eigenvalue weighted by Crippen LogP contribution is -2.46. The summed E-state index contributed by atoms with van der Waals surface area (Å²) in [4.78, 5) is 6.72. The molecule has 1 aliphatic rings. The summed E-state index contributed by atoms with van der Waals surface area (Å²) in [7, 11) is 3.41. The van der Waals surface area contributed by atoms with Crippen LogP contribution in [-0.4, -0.2) is 71.0 Å². The van der Waals surface area contributed by atoms with Gasteiger partial charge in [0, 0.05) is 32.7 Å². The first-order chi connectivity index (χ1) is 15.2. The summed E-state index contributed by atoms with van der Waals surface area (Å²) in [5.74, 6) is 1.73. The molecule has 0 aliphatic carbocycles. The zero-order chi connectivity index (χ0) is 21.9. The average molecular weight is 558 g/mol. The highest BCUT2D eigenvalue weighted by molar-refractivity contribution is 14.0. The van der Waals surface area contributed by atoms with E-state index in [4.69, 9.17) is 14.2 Å². The number of nitrogens with zero attached hydrogens (tertiary/aromatic N) is 2.